The molecule has 4 heteroatoms. The van der Waals surface area contributed by atoms with Crippen LogP contribution in [0.5, 0.6) is 0 Å². The van der Waals surface area contributed by atoms with Crippen LogP contribution in [0.15, 0.2) is 0 Å². The van der Waals surface area contributed by atoms with Crippen LogP contribution in [0, 0.1) is 0 Å². The highest BCUT2D eigenvalue weighted by atomic mass is 16.1. The van der Waals surface area contributed by atoms with Crippen LogP contribution in [-0.2, 0) is 4.79 Å². The van der Waals surface area contributed by atoms with Gasteiger partial charge < -0.3 is 11.1 Å². The molecule has 0 aromatic heterocycles. The third-order valence-electron chi connectivity index (χ3n) is 3.45. The van der Waals surface area contributed by atoms with E-state index < -0.39 is 0 Å². The van der Waals surface area contributed by atoms with Gasteiger partial charge in [0.1, 0.15) is 0 Å². The van der Waals surface area contributed by atoms with E-state index in [0.29, 0.717) is 19.0 Å². The van der Waals surface area contributed by atoms with Crippen molar-refractivity contribution in [3.8, 4) is 0 Å². The Morgan fingerprint density at radius 2 is 2.13 bits per heavy atom. The first-order valence-electron chi connectivity index (χ1n) is 5.81. The van der Waals surface area contributed by atoms with Gasteiger partial charge in [-0.1, -0.05) is 12.8 Å². The normalized spacial score (nSPS) is 19.5. The van der Waals surface area contributed by atoms with Crippen LogP contribution in [0.4, 0.5) is 0 Å². The number of nitrogens with zero attached hydrogens (tertiary/aromatic N) is 1. The van der Waals surface area contributed by atoms with Crippen molar-refractivity contribution in [1.82, 2.24) is 10.2 Å². The number of hydrogen-bond acceptors (Lipinski definition) is 3. The smallest absolute Gasteiger partial charge is 0.221 e. The predicted molar refractivity (Wildman–Crippen MR) is 61.5 cm³/mol. The summed E-state index contributed by atoms with van der Waals surface area (Å²) < 4.78 is 0. The van der Waals surface area contributed by atoms with E-state index in [9.17, 15) is 4.79 Å². The van der Waals surface area contributed by atoms with Crippen LogP contribution >= 0.6 is 0 Å². The van der Waals surface area contributed by atoms with Crippen LogP contribution in [0.2, 0.25) is 0 Å². The van der Waals surface area contributed by atoms with Crippen LogP contribution in [0.3, 0.4) is 0 Å². The second-order valence-corrected chi connectivity index (χ2v) is 4.37. The molecule has 0 aromatic carbocycles. The van der Waals surface area contributed by atoms with Gasteiger partial charge in [-0.2, -0.15) is 0 Å². The molecule has 1 unspecified atom stereocenters. The quantitative estimate of drug-likeness (QED) is 0.691. The highest BCUT2D eigenvalue weighted by Crippen LogP contribution is 2.24. The number of amides is 1. The molecule has 1 atom stereocenters. The molecule has 4 nitrogen and oxygen atoms in total. The van der Waals surface area contributed by atoms with E-state index in [1.54, 1.807) is 7.05 Å². The summed E-state index contributed by atoms with van der Waals surface area (Å²) in [5.74, 6) is 0.0790. The van der Waals surface area contributed by atoms with Crippen molar-refractivity contribution in [2.75, 3.05) is 20.6 Å². The molecule has 1 saturated carbocycles. The van der Waals surface area contributed by atoms with Crippen molar-refractivity contribution < 1.29 is 4.79 Å². The van der Waals surface area contributed by atoms with E-state index >= 15 is 0 Å². The molecule has 3 N–H and O–H groups in total. The third kappa shape index (κ3) is 3.47. The molecule has 0 radical (unpaired) electrons. The van der Waals surface area contributed by atoms with Crippen LogP contribution in [0.25, 0.3) is 0 Å². The van der Waals surface area contributed by atoms with Crippen LogP contribution in [0.1, 0.15) is 32.1 Å². The monoisotopic (exact) mass is 213 g/mol. The van der Waals surface area contributed by atoms with Crippen LogP contribution in [-0.4, -0.2) is 43.5 Å². The summed E-state index contributed by atoms with van der Waals surface area (Å²) in [6.45, 7) is 0.556. The van der Waals surface area contributed by atoms with Gasteiger partial charge in [0, 0.05) is 32.1 Å². The molecule has 0 aliphatic heterocycles. The van der Waals surface area contributed by atoms with Gasteiger partial charge >= 0.3 is 0 Å². The first-order valence-corrected chi connectivity index (χ1v) is 5.81. The average molecular weight is 213 g/mol. The first kappa shape index (κ1) is 12.5. The summed E-state index contributed by atoms with van der Waals surface area (Å²) >= 11 is 0. The summed E-state index contributed by atoms with van der Waals surface area (Å²) in [6.07, 6.45) is 5.64. The van der Waals surface area contributed by atoms with E-state index in [-0.39, 0.29) is 11.9 Å². The minimum atomic E-state index is 0.0790. The van der Waals surface area contributed by atoms with E-state index in [0.717, 1.165) is 0 Å². The van der Waals surface area contributed by atoms with Crippen molar-refractivity contribution in [1.29, 1.82) is 0 Å². The second-order valence-electron chi connectivity index (χ2n) is 4.37. The number of rotatable bonds is 5. The van der Waals surface area contributed by atoms with Crippen LogP contribution < -0.4 is 11.1 Å². The maximum absolute atomic E-state index is 11.3. The Balaban J connectivity index is 2.45. The Labute approximate surface area is 92.2 Å². The molecule has 15 heavy (non-hydrogen) atoms. The minimum absolute atomic E-state index is 0.0790. The number of hydrogen-bond donors (Lipinski definition) is 2. The lowest BCUT2D eigenvalue weighted by molar-refractivity contribution is -0.121. The molecule has 0 heterocycles. The molecular weight excluding hydrogens is 190 g/mol. The highest BCUT2D eigenvalue weighted by Gasteiger charge is 2.25. The van der Waals surface area contributed by atoms with E-state index in [4.69, 9.17) is 5.73 Å². The van der Waals surface area contributed by atoms with Crippen molar-refractivity contribution >= 4 is 5.91 Å². The zero-order valence-electron chi connectivity index (χ0n) is 9.83. The largest absolute Gasteiger partial charge is 0.359 e. The van der Waals surface area contributed by atoms with E-state index in [1.165, 1.54) is 25.7 Å². The molecule has 0 aromatic rings. The molecule has 1 amide bonds. The van der Waals surface area contributed by atoms with Crippen molar-refractivity contribution in [3.05, 3.63) is 0 Å². The second kappa shape index (κ2) is 6.08. The number of carbonyl (C=O) groups is 1. The molecular formula is C11H23N3O. The van der Waals surface area contributed by atoms with E-state index in [1.807, 2.05) is 0 Å². The Bertz CT molecular complexity index is 202. The van der Waals surface area contributed by atoms with Gasteiger partial charge in [-0.15, -0.1) is 0 Å². The average Bonchev–Trinajstić information content (AvgIpc) is 2.77. The minimum Gasteiger partial charge on any atom is -0.359 e. The van der Waals surface area contributed by atoms with E-state index in [2.05, 4.69) is 17.3 Å². The van der Waals surface area contributed by atoms with Gasteiger partial charge in [0.25, 0.3) is 0 Å². The number of nitrogens with one attached hydrogen (secondary N) is 1. The fraction of sp³-hybridized carbons (Fsp3) is 0.909. The fourth-order valence-corrected chi connectivity index (χ4v) is 2.32. The molecule has 1 rings (SSSR count). The standard InChI is InChI=1S/C11H23N3O/c1-13-11(15)7-10(8-12)14(2)9-5-3-4-6-9/h9-10H,3-8,12H2,1-2H3,(H,13,15). The molecule has 0 saturated heterocycles. The lowest BCUT2D eigenvalue weighted by Crippen LogP contribution is -2.45. The van der Waals surface area contributed by atoms with Gasteiger partial charge in [0.15, 0.2) is 0 Å². The molecule has 0 bridgehead atoms. The van der Waals surface area contributed by atoms with Crippen molar-refractivity contribution in [3.63, 3.8) is 0 Å². The zero-order chi connectivity index (χ0) is 11.3. The Hall–Kier alpha value is -0.610. The van der Waals surface area contributed by atoms with Gasteiger partial charge in [-0.3, -0.25) is 9.69 Å². The predicted octanol–water partition coefficient (Wildman–Crippen LogP) is 0.324. The molecule has 1 aliphatic carbocycles. The first-order chi connectivity index (χ1) is 7.19. The Morgan fingerprint density at radius 1 is 1.53 bits per heavy atom. The lowest BCUT2D eigenvalue weighted by Gasteiger charge is -2.31. The van der Waals surface area contributed by atoms with Gasteiger partial charge in [0.2, 0.25) is 5.91 Å². The molecule has 0 spiro atoms. The Kier molecular flexibility index (Phi) is 5.05. The summed E-state index contributed by atoms with van der Waals surface area (Å²) in [5, 5.41) is 2.65. The number of nitrogens with two attached hydrogens (primary N) is 1. The summed E-state index contributed by atoms with van der Waals surface area (Å²) in [4.78, 5) is 13.6. The lowest BCUT2D eigenvalue weighted by atomic mass is 10.1. The fourth-order valence-electron chi connectivity index (χ4n) is 2.32. The summed E-state index contributed by atoms with van der Waals surface area (Å²) in [5.41, 5.74) is 5.72. The zero-order valence-corrected chi connectivity index (χ0v) is 9.83. The topological polar surface area (TPSA) is 58.4 Å². The van der Waals surface area contributed by atoms with Crippen molar-refractivity contribution in [2.24, 2.45) is 5.73 Å². The summed E-state index contributed by atoms with van der Waals surface area (Å²) in [7, 11) is 3.77. The number of carbonyl (C=O) groups excluding carboxylic acids is 1. The molecule has 1 fully saturated rings. The number of likely N-dealkylation sites (N-methyl/N-ethyl adjacent to an activating group) is 1. The third-order valence-corrected chi connectivity index (χ3v) is 3.45. The maximum Gasteiger partial charge on any atom is 0.221 e. The van der Waals surface area contributed by atoms with Gasteiger partial charge in [-0.05, 0) is 19.9 Å². The maximum atomic E-state index is 11.3. The SMILES string of the molecule is CNC(=O)CC(CN)N(C)C1CCCC1. The highest BCUT2D eigenvalue weighted by molar-refractivity contribution is 5.76. The van der Waals surface area contributed by atoms with Gasteiger partial charge in [0.05, 0.1) is 0 Å². The van der Waals surface area contributed by atoms with Gasteiger partial charge in [-0.25, -0.2) is 0 Å². The van der Waals surface area contributed by atoms with Crippen molar-refractivity contribution in [2.45, 2.75) is 44.2 Å². The summed E-state index contributed by atoms with van der Waals surface area (Å²) in [6, 6.07) is 0.816. The molecule has 1 aliphatic rings. The Morgan fingerprint density at radius 3 is 2.60 bits per heavy atom. The molecule has 88 valence electrons.